The van der Waals surface area contributed by atoms with Crippen LogP contribution in [0.15, 0.2) is 6.20 Å². The van der Waals surface area contributed by atoms with Gasteiger partial charge in [-0.2, -0.15) is 0 Å². The van der Waals surface area contributed by atoms with Crippen LogP contribution in [0.5, 0.6) is 0 Å². The smallest absolute Gasteiger partial charge is 0.315 e. The highest BCUT2D eigenvalue weighted by Gasteiger charge is 2.16. The van der Waals surface area contributed by atoms with Crippen LogP contribution in [0.3, 0.4) is 0 Å². The summed E-state index contributed by atoms with van der Waals surface area (Å²) in [5.74, 6) is 0. The van der Waals surface area contributed by atoms with E-state index in [1.54, 1.807) is 11.3 Å². The Hall–Kier alpha value is -1.10. The van der Waals surface area contributed by atoms with Crippen LogP contribution in [0, 0.1) is 6.92 Å². The maximum absolute atomic E-state index is 11.5. The molecule has 1 aliphatic rings. The second-order valence-corrected chi connectivity index (χ2v) is 5.49. The predicted octanol–water partition coefficient (Wildman–Crippen LogP) is 2.19. The zero-order chi connectivity index (χ0) is 11.4. The van der Waals surface area contributed by atoms with Gasteiger partial charge in [0.05, 0.1) is 6.54 Å². The van der Waals surface area contributed by atoms with E-state index >= 15 is 0 Å². The molecule has 2 rings (SSSR count). The lowest BCUT2D eigenvalue weighted by Gasteiger charge is -2.12. The van der Waals surface area contributed by atoms with Gasteiger partial charge in [0.2, 0.25) is 0 Å². The maximum atomic E-state index is 11.5. The summed E-state index contributed by atoms with van der Waals surface area (Å²) in [6, 6.07) is 0.304. The molecule has 0 aromatic carbocycles. The van der Waals surface area contributed by atoms with Crippen molar-refractivity contribution in [1.29, 1.82) is 0 Å². The second-order valence-electron chi connectivity index (χ2n) is 4.17. The number of rotatable bonds is 3. The van der Waals surface area contributed by atoms with Crippen molar-refractivity contribution >= 4 is 17.4 Å². The first kappa shape index (κ1) is 11.4. The summed E-state index contributed by atoms with van der Waals surface area (Å²) >= 11 is 1.62. The van der Waals surface area contributed by atoms with Crippen LogP contribution in [-0.2, 0) is 6.54 Å². The molecule has 88 valence electrons. The van der Waals surface area contributed by atoms with E-state index in [4.69, 9.17) is 0 Å². The first-order chi connectivity index (χ1) is 7.74. The quantitative estimate of drug-likeness (QED) is 0.849. The van der Waals surface area contributed by atoms with Crippen molar-refractivity contribution in [3.63, 3.8) is 0 Å². The van der Waals surface area contributed by atoms with E-state index in [9.17, 15) is 4.79 Å². The molecule has 16 heavy (non-hydrogen) atoms. The molecule has 0 atom stereocenters. The Kier molecular flexibility index (Phi) is 3.77. The molecule has 1 heterocycles. The molecule has 0 radical (unpaired) electrons. The van der Waals surface area contributed by atoms with E-state index < -0.39 is 0 Å². The molecular formula is C11H17N3OS. The molecule has 2 amide bonds. The van der Waals surface area contributed by atoms with E-state index in [0.29, 0.717) is 12.6 Å². The number of urea groups is 1. The van der Waals surface area contributed by atoms with Gasteiger partial charge in [0.25, 0.3) is 0 Å². The number of amides is 2. The summed E-state index contributed by atoms with van der Waals surface area (Å²) in [6.45, 7) is 2.54. The average Bonchev–Trinajstić information content (AvgIpc) is 2.87. The Morgan fingerprint density at radius 2 is 2.31 bits per heavy atom. The van der Waals surface area contributed by atoms with Crippen LogP contribution in [-0.4, -0.2) is 17.1 Å². The van der Waals surface area contributed by atoms with Crippen LogP contribution >= 0.6 is 11.3 Å². The van der Waals surface area contributed by atoms with E-state index in [0.717, 1.165) is 17.8 Å². The van der Waals surface area contributed by atoms with Gasteiger partial charge in [-0.25, -0.2) is 9.78 Å². The summed E-state index contributed by atoms with van der Waals surface area (Å²) < 4.78 is 0. The summed E-state index contributed by atoms with van der Waals surface area (Å²) in [7, 11) is 0. The SMILES string of the molecule is Cc1cnc(CNC(=O)NC2CCCC2)s1. The Balaban J connectivity index is 1.71. The lowest BCUT2D eigenvalue weighted by molar-refractivity contribution is 0.236. The number of nitrogens with zero attached hydrogens (tertiary/aromatic N) is 1. The number of nitrogens with one attached hydrogen (secondary N) is 2. The van der Waals surface area contributed by atoms with Crippen molar-refractivity contribution in [2.45, 2.75) is 45.2 Å². The highest BCUT2D eigenvalue weighted by atomic mass is 32.1. The number of carbonyl (C=O) groups excluding carboxylic acids is 1. The van der Waals surface area contributed by atoms with Gasteiger partial charge in [0, 0.05) is 17.1 Å². The van der Waals surface area contributed by atoms with Crippen LogP contribution in [0.25, 0.3) is 0 Å². The van der Waals surface area contributed by atoms with E-state index in [2.05, 4.69) is 15.6 Å². The molecule has 0 bridgehead atoms. The van der Waals surface area contributed by atoms with Crippen LogP contribution in [0.1, 0.15) is 35.6 Å². The van der Waals surface area contributed by atoms with Crippen molar-refractivity contribution in [1.82, 2.24) is 15.6 Å². The predicted molar refractivity (Wildman–Crippen MR) is 64.5 cm³/mol. The Morgan fingerprint density at radius 1 is 1.56 bits per heavy atom. The van der Waals surface area contributed by atoms with E-state index in [-0.39, 0.29) is 6.03 Å². The number of carbonyl (C=O) groups is 1. The van der Waals surface area contributed by atoms with Crippen LogP contribution in [0.2, 0.25) is 0 Å². The third-order valence-electron chi connectivity index (χ3n) is 2.76. The summed E-state index contributed by atoms with van der Waals surface area (Å²) in [5, 5.41) is 6.78. The van der Waals surface area contributed by atoms with E-state index in [1.807, 2.05) is 13.1 Å². The molecule has 0 spiro atoms. The molecule has 0 unspecified atom stereocenters. The Bertz CT molecular complexity index is 358. The van der Waals surface area contributed by atoms with Crippen molar-refractivity contribution in [3.05, 3.63) is 16.1 Å². The normalized spacial score (nSPS) is 16.3. The zero-order valence-corrected chi connectivity index (χ0v) is 10.3. The third-order valence-corrected chi connectivity index (χ3v) is 3.67. The molecule has 1 aliphatic carbocycles. The van der Waals surface area contributed by atoms with Gasteiger partial charge in [-0.3, -0.25) is 0 Å². The molecule has 1 aromatic rings. The summed E-state index contributed by atoms with van der Waals surface area (Å²) in [6.07, 6.45) is 6.53. The number of thiazole rings is 1. The van der Waals surface area contributed by atoms with Crippen molar-refractivity contribution in [2.75, 3.05) is 0 Å². The van der Waals surface area contributed by atoms with Gasteiger partial charge in [-0.15, -0.1) is 11.3 Å². The second kappa shape index (κ2) is 5.30. The Morgan fingerprint density at radius 3 is 2.94 bits per heavy atom. The lowest BCUT2D eigenvalue weighted by atomic mass is 10.3. The van der Waals surface area contributed by atoms with E-state index in [1.165, 1.54) is 17.7 Å². The molecule has 4 nitrogen and oxygen atoms in total. The highest BCUT2D eigenvalue weighted by molar-refractivity contribution is 7.11. The number of hydrogen-bond donors (Lipinski definition) is 2. The first-order valence-electron chi connectivity index (χ1n) is 5.70. The monoisotopic (exact) mass is 239 g/mol. The fourth-order valence-corrected chi connectivity index (χ4v) is 2.67. The molecule has 1 aromatic heterocycles. The molecule has 1 saturated carbocycles. The van der Waals surface area contributed by atoms with Gasteiger partial charge >= 0.3 is 6.03 Å². The van der Waals surface area contributed by atoms with Gasteiger partial charge in [0.15, 0.2) is 0 Å². The minimum absolute atomic E-state index is 0.0697. The van der Waals surface area contributed by atoms with Gasteiger partial charge in [-0.1, -0.05) is 12.8 Å². The van der Waals surface area contributed by atoms with Gasteiger partial charge < -0.3 is 10.6 Å². The minimum atomic E-state index is -0.0697. The average molecular weight is 239 g/mol. The van der Waals surface area contributed by atoms with Gasteiger partial charge in [0.1, 0.15) is 5.01 Å². The van der Waals surface area contributed by atoms with Crippen molar-refractivity contribution in [2.24, 2.45) is 0 Å². The van der Waals surface area contributed by atoms with Gasteiger partial charge in [-0.05, 0) is 19.8 Å². The number of aryl methyl sites for hydroxylation is 1. The minimum Gasteiger partial charge on any atom is -0.335 e. The fraction of sp³-hybridized carbons (Fsp3) is 0.636. The third kappa shape index (κ3) is 3.20. The lowest BCUT2D eigenvalue weighted by Crippen LogP contribution is -2.40. The number of aromatic nitrogens is 1. The molecule has 0 aliphatic heterocycles. The molecule has 0 saturated heterocycles. The van der Waals surface area contributed by atoms with Crippen LogP contribution < -0.4 is 10.6 Å². The highest BCUT2D eigenvalue weighted by Crippen LogP contribution is 2.17. The molecule has 5 heteroatoms. The van der Waals surface area contributed by atoms with Crippen LogP contribution in [0.4, 0.5) is 4.79 Å². The summed E-state index contributed by atoms with van der Waals surface area (Å²) in [5.41, 5.74) is 0. The standard InChI is InChI=1S/C11H17N3OS/c1-8-6-12-10(16-8)7-13-11(15)14-9-4-2-3-5-9/h6,9H,2-5,7H2,1H3,(H2,13,14,15). The number of hydrogen-bond acceptors (Lipinski definition) is 3. The zero-order valence-electron chi connectivity index (χ0n) is 9.45. The largest absolute Gasteiger partial charge is 0.335 e. The molecule has 1 fully saturated rings. The molecule has 2 N–H and O–H groups in total. The maximum Gasteiger partial charge on any atom is 0.315 e. The van der Waals surface area contributed by atoms with Crippen molar-refractivity contribution in [3.8, 4) is 0 Å². The first-order valence-corrected chi connectivity index (χ1v) is 6.51. The molecular weight excluding hydrogens is 222 g/mol. The summed E-state index contributed by atoms with van der Waals surface area (Å²) in [4.78, 5) is 16.9. The fourth-order valence-electron chi connectivity index (χ4n) is 1.95. The topological polar surface area (TPSA) is 54.0 Å². The van der Waals surface area contributed by atoms with Crippen molar-refractivity contribution < 1.29 is 4.79 Å². The Labute approximate surface area is 99.5 Å².